The van der Waals surface area contributed by atoms with Crippen LogP contribution in [0.3, 0.4) is 0 Å². The molecule has 9 heteroatoms. The van der Waals surface area contributed by atoms with Crippen molar-refractivity contribution in [2.24, 2.45) is 0 Å². The van der Waals surface area contributed by atoms with Crippen LogP contribution in [0.25, 0.3) is 0 Å². The summed E-state index contributed by atoms with van der Waals surface area (Å²) < 4.78 is 12.0. The van der Waals surface area contributed by atoms with E-state index in [2.05, 4.69) is 26.1 Å². The van der Waals surface area contributed by atoms with Crippen LogP contribution in [-0.4, -0.2) is 48.1 Å². The summed E-state index contributed by atoms with van der Waals surface area (Å²) in [7, 11) is 1.55. The lowest BCUT2D eigenvalue weighted by molar-refractivity contribution is -0.534. The van der Waals surface area contributed by atoms with Gasteiger partial charge in [0.2, 0.25) is 0 Å². The van der Waals surface area contributed by atoms with Gasteiger partial charge in [0.25, 0.3) is 11.9 Å². The first-order valence-electron chi connectivity index (χ1n) is 10.8. The molecule has 4 atom stereocenters. The second-order valence-corrected chi connectivity index (χ2v) is 9.25. The normalized spacial score (nSPS) is 28.5. The van der Waals surface area contributed by atoms with Crippen LogP contribution in [0.5, 0.6) is 11.5 Å². The molecule has 2 aromatic rings. The third-order valence-corrected chi connectivity index (χ3v) is 7.61. The highest BCUT2D eigenvalue weighted by atomic mass is 79.9. The van der Waals surface area contributed by atoms with E-state index in [1.165, 1.54) is 0 Å². The number of nitrogens with zero attached hydrogens (tertiary/aromatic N) is 2. The average Bonchev–Trinajstić information content (AvgIpc) is 3.43. The number of methoxy groups -OCH3 is 1. The molecule has 0 aliphatic carbocycles. The van der Waals surface area contributed by atoms with E-state index in [0.29, 0.717) is 40.4 Å². The van der Waals surface area contributed by atoms with Gasteiger partial charge in [0, 0.05) is 28.8 Å². The molecule has 0 saturated carbocycles. The van der Waals surface area contributed by atoms with Crippen LogP contribution in [0.4, 0.5) is 5.69 Å². The van der Waals surface area contributed by atoms with E-state index in [1.807, 2.05) is 43.3 Å². The zero-order valence-electron chi connectivity index (χ0n) is 17.8. The minimum atomic E-state index is -1.33. The topological polar surface area (TPSA) is 93.9 Å². The van der Waals surface area contributed by atoms with Crippen LogP contribution < -0.4 is 14.8 Å². The highest BCUT2D eigenvalue weighted by Gasteiger charge is 2.73. The van der Waals surface area contributed by atoms with Gasteiger partial charge in [-0.3, -0.25) is 19.8 Å². The summed E-state index contributed by atoms with van der Waals surface area (Å²) in [5, 5.41) is 15.6. The van der Waals surface area contributed by atoms with Crippen LogP contribution in [0.1, 0.15) is 36.8 Å². The Bertz CT molecular complexity index is 1110. The molecule has 5 rings (SSSR count). The van der Waals surface area contributed by atoms with Crippen LogP contribution in [0.2, 0.25) is 0 Å². The SMILES string of the molecule is CCOc1c(Br)cc([C@H]2[C@H]([N+](=O)[O-])[C@@]3(C(=O)Nc4ccccc43)N3CCC[C@@H]23)cc1OC. The molecule has 2 saturated heterocycles. The molecule has 3 aliphatic rings. The lowest BCUT2D eigenvalue weighted by atomic mass is 9.77. The van der Waals surface area contributed by atoms with Gasteiger partial charge in [-0.25, -0.2) is 0 Å². The number of carbonyl (C=O) groups excluding carboxylic acids is 1. The fraction of sp³-hybridized carbons (Fsp3) is 0.435. The number of hydrogen-bond acceptors (Lipinski definition) is 6. The van der Waals surface area contributed by atoms with Gasteiger partial charge in [-0.1, -0.05) is 18.2 Å². The number of ether oxygens (including phenoxy) is 2. The first kappa shape index (κ1) is 21.2. The average molecular weight is 502 g/mol. The molecular formula is C23H24BrN3O5. The molecule has 3 heterocycles. The van der Waals surface area contributed by atoms with Gasteiger partial charge in [-0.15, -0.1) is 0 Å². The molecule has 8 nitrogen and oxygen atoms in total. The van der Waals surface area contributed by atoms with Crippen molar-refractivity contribution in [2.45, 2.75) is 43.3 Å². The maximum Gasteiger partial charge on any atom is 0.256 e. The molecule has 1 amide bonds. The Hall–Kier alpha value is -2.65. The van der Waals surface area contributed by atoms with Gasteiger partial charge >= 0.3 is 0 Å². The van der Waals surface area contributed by atoms with Crippen LogP contribution in [-0.2, 0) is 10.3 Å². The first-order valence-corrected chi connectivity index (χ1v) is 11.6. The van der Waals surface area contributed by atoms with E-state index in [-0.39, 0.29) is 16.9 Å². The number of carbonyl (C=O) groups is 1. The Morgan fingerprint density at radius 1 is 1.34 bits per heavy atom. The molecule has 0 bridgehead atoms. The number of amides is 1. The summed E-state index contributed by atoms with van der Waals surface area (Å²) in [4.78, 5) is 28.0. The lowest BCUT2D eigenvalue weighted by Crippen LogP contribution is -2.55. The van der Waals surface area contributed by atoms with Crippen LogP contribution >= 0.6 is 15.9 Å². The number of nitrogens with one attached hydrogen (secondary N) is 1. The van der Waals surface area contributed by atoms with Gasteiger partial charge in [0.1, 0.15) is 0 Å². The number of nitro groups is 1. The predicted molar refractivity (Wildman–Crippen MR) is 122 cm³/mol. The molecule has 3 aliphatic heterocycles. The fourth-order valence-electron chi connectivity index (χ4n) is 5.99. The van der Waals surface area contributed by atoms with E-state index in [4.69, 9.17) is 9.47 Å². The quantitative estimate of drug-likeness (QED) is 0.492. The number of fused-ring (bicyclic) bond motifs is 4. The second kappa shape index (κ2) is 7.74. The Morgan fingerprint density at radius 2 is 2.12 bits per heavy atom. The van der Waals surface area contributed by atoms with Crippen molar-refractivity contribution in [1.29, 1.82) is 0 Å². The monoisotopic (exact) mass is 501 g/mol. The van der Waals surface area contributed by atoms with E-state index >= 15 is 0 Å². The molecule has 2 aromatic carbocycles. The Balaban J connectivity index is 1.72. The van der Waals surface area contributed by atoms with Gasteiger partial charge in [-0.05, 0) is 59.5 Å². The zero-order valence-corrected chi connectivity index (χ0v) is 19.4. The van der Waals surface area contributed by atoms with Crippen molar-refractivity contribution in [1.82, 2.24) is 4.90 Å². The number of para-hydroxylation sites is 1. The Labute approximate surface area is 194 Å². The van der Waals surface area contributed by atoms with E-state index < -0.39 is 17.5 Å². The van der Waals surface area contributed by atoms with E-state index in [0.717, 1.165) is 18.4 Å². The van der Waals surface area contributed by atoms with Crippen LogP contribution in [0.15, 0.2) is 40.9 Å². The minimum Gasteiger partial charge on any atom is -0.493 e. The molecule has 1 spiro atoms. The molecule has 0 unspecified atom stereocenters. The van der Waals surface area contributed by atoms with Crippen molar-refractivity contribution < 1.29 is 19.2 Å². The number of anilines is 1. The third-order valence-electron chi connectivity index (χ3n) is 7.02. The van der Waals surface area contributed by atoms with Crippen molar-refractivity contribution in [2.75, 3.05) is 25.6 Å². The number of halogens is 1. The highest BCUT2D eigenvalue weighted by molar-refractivity contribution is 9.10. The maximum atomic E-state index is 13.5. The van der Waals surface area contributed by atoms with Gasteiger partial charge in [0.15, 0.2) is 17.0 Å². The molecule has 32 heavy (non-hydrogen) atoms. The summed E-state index contributed by atoms with van der Waals surface area (Å²) >= 11 is 3.56. The van der Waals surface area contributed by atoms with Crippen molar-refractivity contribution in [3.8, 4) is 11.5 Å². The van der Waals surface area contributed by atoms with Gasteiger partial charge < -0.3 is 14.8 Å². The predicted octanol–water partition coefficient (Wildman–Crippen LogP) is 3.91. The smallest absolute Gasteiger partial charge is 0.256 e. The number of hydrogen-bond donors (Lipinski definition) is 1. The summed E-state index contributed by atoms with van der Waals surface area (Å²) in [5.41, 5.74) is 0.786. The van der Waals surface area contributed by atoms with Gasteiger partial charge in [-0.2, -0.15) is 0 Å². The zero-order chi connectivity index (χ0) is 22.6. The number of rotatable bonds is 5. The summed E-state index contributed by atoms with van der Waals surface area (Å²) in [6, 6.07) is 9.77. The molecule has 168 valence electrons. The summed E-state index contributed by atoms with van der Waals surface area (Å²) in [6.07, 6.45) is 1.68. The standard InChI is InChI=1S/C23H24BrN3O5/c1-3-32-20-15(24)11-13(12-18(20)31-2)19-17-9-6-10-26(17)23(21(19)27(29)30)14-7-4-5-8-16(14)25-22(23)28/h4-5,7-8,11-12,17,19,21H,3,6,9-10H2,1-2H3,(H,25,28)/t17-,19+,21-,23-/m0/s1. The second-order valence-electron chi connectivity index (χ2n) is 8.39. The van der Waals surface area contributed by atoms with Gasteiger partial charge in [0.05, 0.1) is 24.1 Å². The molecular weight excluding hydrogens is 478 g/mol. The Kier molecular flexibility index (Phi) is 5.13. The minimum absolute atomic E-state index is 0.128. The van der Waals surface area contributed by atoms with Crippen molar-refractivity contribution >= 4 is 27.5 Å². The van der Waals surface area contributed by atoms with Crippen molar-refractivity contribution in [3.63, 3.8) is 0 Å². The largest absolute Gasteiger partial charge is 0.493 e. The summed E-state index contributed by atoms with van der Waals surface area (Å²) in [5.74, 6) is 0.286. The molecule has 2 fully saturated rings. The van der Waals surface area contributed by atoms with E-state index in [9.17, 15) is 14.9 Å². The summed E-state index contributed by atoms with van der Waals surface area (Å²) in [6.45, 7) is 2.99. The Morgan fingerprint density at radius 3 is 2.84 bits per heavy atom. The molecule has 0 radical (unpaired) electrons. The third kappa shape index (κ3) is 2.73. The lowest BCUT2D eigenvalue weighted by Gasteiger charge is -2.32. The van der Waals surface area contributed by atoms with Crippen LogP contribution in [0, 0.1) is 10.1 Å². The fourth-order valence-corrected chi connectivity index (χ4v) is 6.57. The van der Waals surface area contributed by atoms with E-state index in [1.54, 1.807) is 7.11 Å². The first-order chi connectivity index (χ1) is 15.4. The molecule has 1 N–H and O–H groups in total. The maximum absolute atomic E-state index is 13.5. The molecule has 0 aromatic heterocycles. The highest BCUT2D eigenvalue weighted by Crippen LogP contribution is 2.58. The van der Waals surface area contributed by atoms with Crippen molar-refractivity contribution in [3.05, 3.63) is 62.1 Å². The number of benzene rings is 2.